The third kappa shape index (κ3) is 3.18. The molecule has 1 N–H and O–H groups in total. The molecule has 0 unspecified atom stereocenters. The van der Waals surface area contributed by atoms with Gasteiger partial charge in [0.25, 0.3) is 0 Å². The van der Waals surface area contributed by atoms with Crippen molar-refractivity contribution >= 4 is 17.6 Å². The zero-order valence-corrected chi connectivity index (χ0v) is 17.3. The summed E-state index contributed by atoms with van der Waals surface area (Å²) in [5, 5.41) is 11.9. The number of ether oxygens (including phenoxy) is 2. The second kappa shape index (κ2) is 7.07. The van der Waals surface area contributed by atoms with Crippen LogP contribution in [0.1, 0.15) is 48.7 Å². The Morgan fingerprint density at radius 3 is 2.72 bits per heavy atom. The average Bonchev–Trinajstić information content (AvgIpc) is 2.64. The standard InChI is InChI=1S/C21H23ClN2O5/c1-21(2)10-17-13-8-19(29-6-4-5-28-3)15(22)7-12(13)16-9-18(25)14(20(26)27)11-23(16)24(17)21/h7-9,11,17H,4-6,10H2,1-3H3,(H,26,27)/t17-/m0/s1. The Hall–Kier alpha value is -2.51. The minimum atomic E-state index is -1.23. The number of hydrogen-bond acceptors (Lipinski definition) is 5. The van der Waals surface area contributed by atoms with Crippen LogP contribution in [0.25, 0.3) is 11.3 Å². The number of aromatic nitrogens is 1. The highest BCUT2D eigenvalue weighted by atomic mass is 35.5. The first-order valence-corrected chi connectivity index (χ1v) is 9.87. The maximum absolute atomic E-state index is 12.4. The Morgan fingerprint density at radius 1 is 1.31 bits per heavy atom. The number of pyridine rings is 1. The fourth-order valence-corrected chi connectivity index (χ4v) is 4.49. The lowest BCUT2D eigenvalue weighted by atomic mass is 9.76. The number of nitrogens with zero attached hydrogens (tertiary/aromatic N) is 2. The Labute approximate surface area is 173 Å². The number of aromatic carboxylic acids is 1. The maximum Gasteiger partial charge on any atom is 0.341 e. The first-order valence-electron chi connectivity index (χ1n) is 9.50. The van der Waals surface area contributed by atoms with Crippen LogP contribution < -0.4 is 15.2 Å². The van der Waals surface area contributed by atoms with E-state index in [4.69, 9.17) is 21.1 Å². The summed E-state index contributed by atoms with van der Waals surface area (Å²) in [7, 11) is 1.65. The summed E-state index contributed by atoms with van der Waals surface area (Å²) < 4.78 is 12.7. The Morgan fingerprint density at radius 2 is 2.07 bits per heavy atom. The number of rotatable bonds is 6. The van der Waals surface area contributed by atoms with E-state index in [2.05, 4.69) is 18.9 Å². The van der Waals surface area contributed by atoms with Gasteiger partial charge in [-0.25, -0.2) is 4.79 Å². The van der Waals surface area contributed by atoms with Crippen molar-refractivity contribution in [2.45, 2.75) is 38.3 Å². The number of hydrogen-bond donors (Lipinski definition) is 1. The molecule has 0 radical (unpaired) electrons. The molecule has 3 heterocycles. The van der Waals surface area contributed by atoms with E-state index in [1.54, 1.807) is 17.9 Å². The number of carboxylic acids is 1. The molecule has 2 aromatic rings. The molecule has 1 fully saturated rings. The van der Waals surface area contributed by atoms with Crippen molar-refractivity contribution < 1.29 is 19.4 Å². The third-order valence-corrected chi connectivity index (χ3v) is 5.89. The van der Waals surface area contributed by atoms with Gasteiger partial charge in [-0.3, -0.25) is 14.5 Å². The molecular weight excluding hydrogens is 396 g/mol. The molecule has 0 spiro atoms. The molecule has 0 saturated carbocycles. The van der Waals surface area contributed by atoms with Crippen LogP contribution in [0, 0.1) is 0 Å². The van der Waals surface area contributed by atoms with Gasteiger partial charge >= 0.3 is 5.97 Å². The summed E-state index contributed by atoms with van der Waals surface area (Å²) in [4.78, 5) is 23.9. The summed E-state index contributed by atoms with van der Waals surface area (Å²) in [5.74, 6) is -0.632. The monoisotopic (exact) mass is 418 g/mol. The zero-order valence-electron chi connectivity index (χ0n) is 16.6. The highest BCUT2D eigenvalue weighted by Crippen LogP contribution is 2.52. The van der Waals surface area contributed by atoms with Crippen molar-refractivity contribution in [3.63, 3.8) is 0 Å². The van der Waals surface area contributed by atoms with E-state index in [0.717, 1.165) is 24.0 Å². The van der Waals surface area contributed by atoms with E-state index in [1.165, 1.54) is 12.3 Å². The molecular formula is C21H23ClN2O5. The second-order valence-electron chi connectivity index (χ2n) is 8.03. The minimum absolute atomic E-state index is 0.0511. The van der Waals surface area contributed by atoms with Gasteiger partial charge < -0.3 is 14.6 Å². The number of methoxy groups -OCH3 is 1. The maximum atomic E-state index is 12.4. The van der Waals surface area contributed by atoms with Crippen molar-refractivity contribution in [2.24, 2.45) is 0 Å². The van der Waals surface area contributed by atoms with Gasteiger partial charge in [-0.1, -0.05) is 11.6 Å². The second-order valence-corrected chi connectivity index (χ2v) is 8.44. The lowest BCUT2D eigenvalue weighted by molar-refractivity contribution is 0.0693. The molecule has 4 rings (SSSR count). The molecule has 29 heavy (non-hydrogen) atoms. The van der Waals surface area contributed by atoms with Gasteiger partial charge in [0.15, 0.2) is 5.43 Å². The Bertz CT molecular complexity index is 1050. The van der Waals surface area contributed by atoms with Gasteiger partial charge in [0, 0.05) is 38.0 Å². The minimum Gasteiger partial charge on any atom is -0.492 e. The molecule has 154 valence electrons. The molecule has 1 atom stereocenters. The molecule has 1 aromatic heterocycles. The first kappa shape index (κ1) is 19.8. The van der Waals surface area contributed by atoms with Crippen LogP contribution in [0.4, 0.5) is 0 Å². The molecule has 0 amide bonds. The largest absolute Gasteiger partial charge is 0.492 e. The summed E-state index contributed by atoms with van der Waals surface area (Å²) in [6.45, 7) is 5.28. The Balaban J connectivity index is 1.82. The van der Waals surface area contributed by atoms with Crippen LogP contribution in [0.3, 0.4) is 0 Å². The van der Waals surface area contributed by atoms with Crippen molar-refractivity contribution in [1.82, 2.24) is 4.68 Å². The number of benzene rings is 1. The number of carbonyl (C=O) groups is 1. The first-order chi connectivity index (χ1) is 13.7. The number of fused-ring (bicyclic) bond motifs is 6. The molecule has 7 nitrogen and oxygen atoms in total. The SMILES string of the molecule is COCCCOc1cc2c(cc1Cl)-c1cc(=O)c(C(=O)O)cn1N1[C@H]2CC1(C)C. The smallest absolute Gasteiger partial charge is 0.341 e. The normalized spacial score (nSPS) is 18.3. The topological polar surface area (TPSA) is 81.0 Å². The van der Waals surface area contributed by atoms with Crippen molar-refractivity contribution in [2.75, 3.05) is 25.3 Å². The summed E-state index contributed by atoms with van der Waals surface area (Å²) in [6.07, 6.45) is 3.06. The van der Waals surface area contributed by atoms with Gasteiger partial charge in [0.05, 0.1) is 28.9 Å². The zero-order chi connectivity index (χ0) is 20.9. The van der Waals surface area contributed by atoms with E-state index in [1.807, 2.05) is 6.07 Å². The van der Waals surface area contributed by atoms with Crippen LogP contribution in [-0.4, -0.2) is 41.6 Å². The predicted octanol–water partition coefficient (Wildman–Crippen LogP) is 3.46. The lowest BCUT2D eigenvalue weighted by Gasteiger charge is -2.60. The van der Waals surface area contributed by atoms with Crippen molar-refractivity contribution in [1.29, 1.82) is 0 Å². The summed E-state index contributed by atoms with van der Waals surface area (Å²) in [6, 6.07) is 5.17. The third-order valence-electron chi connectivity index (χ3n) is 5.59. The number of carboxylic acid groups (broad SMARTS) is 1. The van der Waals surface area contributed by atoms with Gasteiger partial charge in [0.1, 0.15) is 11.3 Å². The van der Waals surface area contributed by atoms with Crippen molar-refractivity contribution in [3.05, 3.63) is 50.8 Å². The van der Waals surface area contributed by atoms with Gasteiger partial charge in [-0.2, -0.15) is 0 Å². The van der Waals surface area contributed by atoms with Crippen LogP contribution in [0.15, 0.2) is 29.2 Å². The quantitative estimate of drug-likeness (QED) is 0.723. The fourth-order valence-electron chi connectivity index (χ4n) is 4.27. The Kier molecular flexibility index (Phi) is 4.83. The molecule has 1 aromatic carbocycles. The highest BCUT2D eigenvalue weighted by molar-refractivity contribution is 6.32. The van der Waals surface area contributed by atoms with E-state index in [9.17, 15) is 14.7 Å². The predicted molar refractivity (Wildman–Crippen MR) is 110 cm³/mol. The van der Waals surface area contributed by atoms with Crippen molar-refractivity contribution in [3.8, 4) is 17.0 Å². The van der Waals surface area contributed by atoms with E-state index in [-0.39, 0.29) is 17.1 Å². The van der Waals surface area contributed by atoms with Gasteiger partial charge in [-0.05, 0) is 38.0 Å². The van der Waals surface area contributed by atoms with E-state index < -0.39 is 11.4 Å². The van der Waals surface area contributed by atoms with Gasteiger partial charge in [-0.15, -0.1) is 0 Å². The average molecular weight is 419 g/mol. The molecule has 1 saturated heterocycles. The molecule has 8 heteroatoms. The lowest BCUT2D eigenvalue weighted by Crippen LogP contribution is -2.65. The van der Waals surface area contributed by atoms with Crippen LogP contribution >= 0.6 is 11.6 Å². The van der Waals surface area contributed by atoms with E-state index in [0.29, 0.717) is 29.7 Å². The molecule has 0 aliphatic carbocycles. The van der Waals surface area contributed by atoms with Gasteiger partial charge in [0.2, 0.25) is 0 Å². The summed E-state index contributed by atoms with van der Waals surface area (Å²) >= 11 is 6.47. The molecule has 2 aliphatic rings. The highest BCUT2D eigenvalue weighted by Gasteiger charge is 2.50. The molecule has 2 aliphatic heterocycles. The van der Waals surface area contributed by atoms with Crippen LogP contribution in [-0.2, 0) is 4.74 Å². The van der Waals surface area contributed by atoms with Crippen LogP contribution in [0.5, 0.6) is 5.75 Å². The van der Waals surface area contributed by atoms with Crippen LogP contribution in [0.2, 0.25) is 5.02 Å². The van der Waals surface area contributed by atoms with E-state index >= 15 is 0 Å². The fraction of sp³-hybridized carbons (Fsp3) is 0.429. The number of halogens is 1. The molecule has 0 bridgehead atoms. The summed E-state index contributed by atoms with van der Waals surface area (Å²) in [5.41, 5.74) is 1.53.